The standard InChI is InChI=1S/C38H29ClFN5O3/c1-24(2)45-23-30(37(47)36(44-45)28-14-16-29(40)17-15-28)31(46)21-25-13-18-33(42-22-25)48-32-19-20-41-38(34(32)39)43-35(26-9-5-3-6-10-26)27-11-7-4-8-12-27/h3-20,22-24H,21H2,1-2H3. The number of ketones is 1. The molecule has 6 rings (SSSR count). The summed E-state index contributed by atoms with van der Waals surface area (Å²) in [6, 6.07) is 29.7. The van der Waals surface area contributed by atoms with Crippen molar-refractivity contribution in [3.63, 3.8) is 0 Å². The lowest BCUT2D eigenvalue weighted by Crippen LogP contribution is -2.24. The maximum atomic E-state index is 13.5. The van der Waals surface area contributed by atoms with Gasteiger partial charge >= 0.3 is 0 Å². The molecule has 0 radical (unpaired) electrons. The zero-order valence-electron chi connectivity index (χ0n) is 26.0. The molecule has 0 aliphatic carbocycles. The second kappa shape index (κ2) is 14.3. The molecule has 0 aliphatic rings. The van der Waals surface area contributed by atoms with E-state index in [2.05, 4.69) is 15.1 Å². The van der Waals surface area contributed by atoms with Crippen molar-refractivity contribution in [2.24, 2.45) is 4.99 Å². The first-order valence-electron chi connectivity index (χ1n) is 15.2. The molecule has 0 fully saturated rings. The zero-order chi connectivity index (χ0) is 33.6. The fourth-order valence-corrected chi connectivity index (χ4v) is 5.10. The first-order valence-corrected chi connectivity index (χ1v) is 15.5. The Bertz CT molecular complexity index is 2110. The van der Waals surface area contributed by atoms with Crippen LogP contribution in [0.1, 0.15) is 46.9 Å². The summed E-state index contributed by atoms with van der Waals surface area (Å²) in [7, 11) is 0. The summed E-state index contributed by atoms with van der Waals surface area (Å²) >= 11 is 6.74. The van der Waals surface area contributed by atoms with Gasteiger partial charge in [0.25, 0.3) is 0 Å². The van der Waals surface area contributed by atoms with Gasteiger partial charge in [-0.25, -0.2) is 19.4 Å². The molecule has 10 heteroatoms. The van der Waals surface area contributed by atoms with E-state index in [0.29, 0.717) is 22.6 Å². The third-order valence-corrected chi connectivity index (χ3v) is 7.76. The van der Waals surface area contributed by atoms with Crippen molar-refractivity contribution in [2.75, 3.05) is 0 Å². The van der Waals surface area contributed by atoms with E-state index in [1.807, 2.05) is 74.5 Å². The van der Waals surface area contributed by atoms with Crippen molar-refractivity contribution >= 4 is 28.9 Å². The normalized spacial score (nSPS) is 10.9. The molecule has 0 spiro atoms. The molecule has 0 amide bonds. The van der Waals surface area contributed by atoms with Crippen LogP contribution in [0.25, 0.3) is 11.3 Å². The predicted molar refractivity (Wildman–Crippen MR) is 184 cm³/mol. The quantitative estimate of drug-likeness (QED) is 0.108. The van der Waals surface area contributed by atoms with Crippen molar-refractivity contribution in [2.45, 2.75) is 26.3 Å². The average Bonchev–Trinajstić information content (AvgIpc) is 3.10. The molecule has 3 aromatic heterocycles. The number of hydrogen-bond acceptors (Lipinski definition) is 7. The Balaban J connectivity index is 1.23. The van der Waals surface area contributed by atoms with Crippen LogP contribution in [-0.2, 0) is 6.42 Å². The number of nitrogens with zero attached hydrogens (tertiary/aromatic N) is 5. The fraction of sp³-hybridized carbons (Fsp3) is 0.105. The van der Waals surface area contributed by atoms with Gasteiger partial charge in [-0.15, -0.1) is 0 Å². The molecule has 0 unspecified atom stereocenters. The van der Waals surface area contributed by atoms with Crippen molar-refractivity contribution in [3.05, 3.63) is 165 Å². The van der Waals surface area contributed by atoms with Gasteiger partial charge in [0.15, 0.2) is 17.4 Å². The lowest BCUT2D eigenvalue weighted by Gasteiger charge is -2.13. The van der Waals surface area contributed by atoms with Gasteiger partial charge < -0.3 is 4.74 Å². The number of aliphatic imine (C=N–C) groups is 1. The van der Waals surface area contributed by atoms with Gasteiger partial charge in [0.05, 0.1) is 11.3 Å². The van der Waals surface area contributed by atoms with E-state index in [1.165, 1.54) is 36.7 Å². The van der Waals surface area contributed by atoms with E-state index in [4.69, 9.17) is 21.3 Å². The molecule has 238 valence electrons. The van der Waals surface area contributed by atoms with Gasteiger partial charge in [-0.1, -0.05) is 78.3 Å². The van der Waals surface area contributed by atoms with Crippen LogP contribution in [-0.4, -0.2) is 31.2 Å². The van der Waals surface area contributed by atoms with Crippen LogP contribution in [0.2, 0.25) is 5.02 Å². The third-order valence-electron chi connectivity index (χ3n) is 7.41. The van der Waals surface area contributed by atoms with Gasteiger partial charge in [0.2, 0.25) is 11.3 Å². The molecular weight excluding hydrogens is 629 g/mol. The topological polar surface area (TPSA) is 99.3 Å². The molecule has 3 aromatic carbocycles. The minimum atomic E-state index is -0.523. The summed E-state index contributed by atoms with van der Waals surface area (Å²) in [5, 5.41) is 4.62. The molecular formula is C38H29ClFN5O3. The van der Waals surface area contributed by atoms with Crippen LogP contribution in [0.15, 0.2) is 132 Å². The number of Topliss-reactive ketones (excluding diaryl/α,β-unsaturated/α-hetero) is 1. The predicted octanol–water partition coefficient (Wildman–Crippen LogP) is 8.46. The number of rotatable bonds is 10. The Labute approximate surface area is 281 Å². The summed E-state index contributed by atoms with van der Waals surface area (Å²) in [6.45, 7) is 3.78. The number of halogens is 2. The Hall–Kier alpha value is -5.80. The molecule has 0 saturated heterocycles. The minimum absolute atomic E-state index is 0.0135. The van der Waals surface area contributed by atoms with Gasteiger partial charge in [-0.3, -0.25) is 14.3 Å². The maximum absolute atomic E-state index is 13.5. The molecule has 0 saturated carbocycles. The number of carbonyl (C=O) groups excluding carboxylic acids is 1. The first-order chi connectivity index (χ1) is 23.3. The SMILES string of the molecule is CC(C)n1cc(C(=O)Cc2ccc(Oc3ccnc(N=C(c4ccccc4)c4ccccc4)c3Cl)nc2)c(=O)c(-c2ccc(F)cc2)n1. The largest absolute Gasteiger partial charge is 0.437 e. The van der Waals surface area contributed by atoms with Crippen molar-refractivity contribution in [1.82, 2.24) is 19.7 Å². The van der Waals surface area contributed by atoms with E-state index in [1.54, 1.807) is 29.1 Å². The van der Waals surface area contributed by atoms with E-state index >= 15 is 0 Å². The second-order valence-electron chi connectivity index (χ2n) is 11.1. The van der Waals surface area contributed by atoms with Crippen LogP contribution in [0.5, 0.6) is 11.6 Å². The Morgan fingerprint density at radius 1 is 0.896 bits per heavy atom. The zero-order valence-corrected chi connectivity index (χ0v) is 26.8. The molecule has 0 atom stereocenters. The highest BCUT2D eigenvalue weighted by Crippen LogP contribution is 2.35. The number of carbonyl (C=O) groups is 1. The first kappa shape index (κ1) is 32.2. The van der Waals surface area contributed by atoms with Crippen molar-refractivity contribution < 1.29 is 13.9 Å². The second-order valence-corrected chi connectivity index (χ2v) is 11.5. The summed E-state index contributed by atoms with van der Waals surface area (Å²) in [6.07, 6.45) is 4.44. The Morgan fingerprint density at radius 2 is 1.56 bits per heavy atom. The van der Waals surface area contributed by atoms with Crippen molar-refractivity contribution in [1.29, 1.82) is 0 Å². The van der Waals surface area contributed by atoms with E-state index in [-0.39, 0.29) is 40.4 Å². The minimum Gasteiger partial charge on any atom is -0.437 e. The van der Waals surface area contributed by atoms with E-state index in [9.17, 15) is 14.0 Å². The van der Waals surface area contributed by atoms with Crippen LogP contribution >= 0.6 is 11.6 Å². The van der Waals surface area contributed by atoms with Gasteiger partial charge in [0.1, 0.15) is 16.5 Å². The number of aromatic nitrogens is 4. The van der Waals surface area contributed by atoms with E-state index < -0.39 is 17.0 Å². The monoisotopic (exact) mass is 657 g/mol. The average molecular weight is 658 g/mol. The summed E-state index contributed by atoms with van der Waals surface area (Å²) in [5.41, 5.74) is 3.05. The van der Waals surface area contributed by atoms with Gasteiger partial charge in [-0.2, -0.15) is 5.10 Å². The fourth-order valence-electron chi connectivity index (χ4n) is 4.90. The molecule has 3 heterocycles. The lowest BCUT2D eigenvalue weighted by atomic mass is 10.0. The Kier molecular flexibility index (Phi) is 9.59. The number of pyridine rings is 2. The summed E-state index contributed by atoms with van der Waals surface area (Å²) in [4.78, 5) is 40.3. The molecule has 8 nitrogen and oxygen atoms in total. The van der Waals surface area contributed by atoms with Crippen LogP contribution in [0.3, 0.4) is 0 Å². The highest BCUT2D eigenvalue weighted by molar-refractivity contribution is 6.34. The summed E-state index contributed by atoms with van der Waals surface area (Å²) < 4.78 is 21.1. The van der Waals surface area contributed by atoms with Crippen molar-refractivity contribution in [3.8, 4) is 22.9 Å². The number of ether oxygens (including phenoxy) is 1. The molecule has 0 N–H and O–H groups in total. The highest BCUT2D eigenvalue weighted by atomic mass is 35.5. The van der Waals surface area contributed by atoms with E-state index in [0.717, 1.165) is 11.1 Å². The highest BCUT2D eigenvalue weighted by Gasteiger charge is 2.20. The molecule has 0 aliphatic heterocycles. The molecule has 48 heavy (non-hydrogen) atoms. The maximum Gasteiger partial charge on any atom is 0.219 e. The van der Waals surface area contributed by atoms with Crippen LogP contribution in [0.4, 0.5) is 10.2 Å². The van der Waals surface area contributed by atoms with Crippen LogP contribution < -0.4 is 10.2 Å². The van der Waals surface area contributed by atoms with Gasteiger partial charge in [-0.05, 0) is 43.7 Å². The number of hydrogen-bond donors (Lipinski definition) is 0. The smallest absolute Gasteiger partial charge is 0.219 e. The molecule has 0 bridgehead atoms. The van der Waals surface area contributed by atoms with Crippen LogP contribution in [0, 0.1) is 5.82 Å². The summed E-state index contributed by atoms with van der Waals surface area (Å²) in [5.74, 6) is -0.00579. The number of benzene rings is 3. The third kappa shape index (κ3) is 7.27. The lowest BCUT2D eigenvalue weighted by molar-refractivity contribution is 0.0990. The Morgan fingerprint density at radius 3 is 2.17 bits per heavy atom. The molecule has 6 aromatic rings. The van der Waals surface area contributed by atoms with Gasteiger partial charge in [0, 0.05) is 59.9 Å².